The number of carbonyl (C=O) groups is 1. The van der Waals surface area contributed by atoms with E-state index in [1.807, 2.05) is 31.2 Å². The lowest BCUT2D eigenvalue weighted by atomic mass is 9.48. The third-order valence-corrected chi connectivity index (χ3v) is 7.73. The summed E-state index contributed by atoms with van der Waals surface area (Å²) in [5.41, 5.74) is 4.55. The zero-order valence-corrected chi connectivity index (χ0v) is 18.6. The minimum atomic E-state index is -0.275. The van der Waals surface area contributed by atoms with Gasteiger partial charge in [0.2, 0.25) is 0 Å². The van der Waals surface area contributed by atoms with Gasteiger partial charge in [0.25, 0.3) is 0 Å². The average Bonchev–Trinajstić information content (AvgIpc) is 2.77. The van der Waals surface area contributed by atoms with Crippen molar-refractivity contribution in [2.75, 3.05) is 13.7 Å². The lowest BCUT2D eigenvalue weighted by Crippen LogP contribution is -2.48. The average molecular weight is 417 g/mol. The van der Waals surface area contributed by atoms with Gasteiger partial charge in [-0.3, -0.25) is 0 Å². The normalized spacial score (nSPS) is 28.8. The van der Waals surface area contributed by atoms with Crippen LogP contribution in [0.4, 0.5) is 0 Å². The highest BCUT2D eigenvalue weighted by Crippen LogP contribution is 2.61. The van der Waals surface area contributed by atoms with Crippen LogP contribution >= 0.6 is 0 Å². The molecule has 0 aliphatic heterocycles. The molecule has 0 atom stereocenters. The lowest BCUT2D eigenvalue weighted by molar-refractivity contribution is -0.00615. The first-order valence-corrected chi connectivity index (χ1v) is 11.7. The lowest BCUT2D eigenvalue weighted by Gasteiger charge is -2.57. The van der Waals surface area contributed by atoms with E-state index in [4.69, 9.17) is 9.47 Å². The molecule has 4 bridgehead atoms. The summed E-state index contributed by atoms with van der Waals surface area (Å²) in [6, 6.07) is 14.3. The molecule has 2 aromatic rings. The summed E-state index contributed by atoms with van der Waals surface area (Å²) in [6.45, 7) is 2.21. The number of esters is 1. The van der Waals surface area contributed by atoms with Crippen molar-refractivity contribution in [3.63, 3.8) is 0 Å². The Morgan fingerprint density at radius 2 is 1.52 bits per heavy atom. The molecule has 3 nitrogen and oxygen atoms in total. The summed E-state index contributed by atoms with van der Waals surface area (Å²) in [5.74, 6) is 3.54. The van der Waals surface area contributed by atoms with Crippen molar-refractivity contribution < 1.29 is 14.3 Å². The van der Waals surface area contributed by atoms with E-state index in [0.29, 0.717) is 17.6 Å². The van der Waals surface area contributed by atoms with E-state index in [9.17, 15) is 4.79 Å². The van der Waals surface area contributed by atoms with Crippen LogP contribution in [0.1, 0.15) is 72.5 Å². The fourth-order valence-corrected chi connectivity index (χ4v) is 6.83. The fourth-order valence-electron chi connectivity index (χ4n) is 6.83. The number of rotatable bonds is 6. The Morgan fingerprint density at radius 3 is 2.10 bits per heavy atom. The predicted octanol–water partition coefficient (Wildman–Crippen LogP) is 6.51. The van der Waals surface area contributed by atoms with E-state index in [2.05, 4.69) is 30.4 Å². The second-order valence-electron chi connectivity index (χ2n) is 9.83. The molecule has 0 aromatic heterocycles. The monoisotopic (exact) mass is 416 g/mol. The first-order valence-electron chi connectivity index (χ1n) is 11.7. The summed E-state index contributed by atoms with van der Waals surface area (Å²) in [4.78, 5) is 11.8. The fraction of sp³-hybridized carbons (Fsp3) is 0.464. The van der Waals surface area contributed by atoms with Crippen molar-refractivity contribution in [3.8, 4) is 5.75 Å². The standard InChI is InChI=1S/C28H32O3/c1-3-31-27(29)24-9-6-19(7-10-24)4-5-20-8-11-25(26(15-20)30-2)28-16-21-12-22(17-28)14-23(13-21)18-28/h4-11,15,21-23H,3,12-14,16-18H2,1-2H3/b5-4+. The number of methoxy groups -OCH3 is 1. The van der Waals surface area contributed by atoms with E-state index in [1.54, 1.807) is 7.11 Å². The van der Waals surface area contributed by atoms with Crippen LogP contribution in [0, 0.1) is 17.8 Å². The molecule has 0 radical (unpaired) electrons. The number of hydrogen-bond acceptors (Lipinski definition) is 3. The second-order valence-corrected chi connectivity index (χ2v) is 9.83. The molecule has 0 heterocycles. The number of benzene rings is 2. The van der Waals surface area contributed by atoms with Gasteiger partial charge in [-0.1, -0.05) is 36.4 Å². The van der Waals surface area contributed by atoms with Gasteiger partial charge in [-0.15, -0.1) is 0 Å². The summed E-state index contributed by atoms with van der Waals surface area (Å²) >= 11 is 0. The Labute approximate surface area is 185 Å². The molecule has 4 aliphatic carbocycles. The van der Waals surface area contributed by atoms with Crippen LogP contribution in [-0.4, -0.2) is 19.7 Å². The molecule has 0 saturated heterocycles. The second kappa shape index (κ2) is 8.18. The van der Waals surface area contributed by atoms with E-state index in [-0.39, 0.29) is 5.97 Å². The highest BCUT2D eigenvalue weighted by molar-refractivity contribution is 5.89. The zero-order chi connectivity index (χ0) is 21.4. The van der Waals surface area contributed by atoms with E-state index in [0.717, 1.165) is 34.6 Å². The first-order chi connectivity index (χ1) is 15.1. The van der Waals surface area contributed by atoms with Crippen LogP contribution in [0.3, 0.4) is 0 Å². The Bertz CT molecular complexity index is 951. The van der Waals surface area contributed by atoms with Crippen molar-refractivity contribution in [3.05, 3.63) is 64.7 Å². The zero-order valence-electron chi connectivity index (χ0n) is 18.6. The van der Waals surface area contributed by atoms with Gasteiger partial charge in [0.15, 0.2) is 0 Å². The third kappa shape index (κ3) is 3.91. The molecular formula is C28H32O3. The van der Waals surface area contributed by atoms with Crippen LogP contribution in [0.2, 0.25) is 0 Å². The van der Waals surface area contributed by atoms with E-state index in [1.165, 1.54) is 44.1 Å². The summed E-state index contributed by atoms with van der Waals surface area (Å²) in [6.07, 6.45) is 12.6. The Hall–Kier alpha value is -2.55. The van der Waals surface area contributed by atoms with Gasteiger partial charge < -0.3 is 9.47 Å². The van der Waals surface area contributed by atoms with Crippen LogP contribution in [0.5, 0.6) is 5.75 Å². The molecule has 0 unspecified atom stereocenters. The highest BCUT2D eigenvalue weighted by atomic mass is 16.5. The maximum absolute atomic E-state index is 11.8. The summed E-state index contributed by atoms with van der Waals surface area (Å²) < 4.78 is 11.0. The number of ether oxygens (including phenoxy) is 2. The molecule has 0 amide bonds. The molecule has 6 rings (SSSR count). The SMILES string of the molecule is CCOC(=O)c1ccc(/C=C/c2ccc(C34CC5CC(CC(C5)C3)C4)c(OC)c2)cc1. The van der Waals surface area contributed by atoms with Gasteiger partial charge >= 0.3 is 5.97 Å². The van der Waals surface area contributed by atoms with Gasteiger partial charge in [-0.05, 0) is 97.9 Å². The van der Waals surface area contributed by atoms with Crippen LogP contribution in [0.15, 0.2) is 42.5 Å². The molecule has 0 spiro atoms. The van der Waals surface area contributed by atoms with Crippen molar-refractivity contribution in [1.82, 2.24) is 0 Å². The Balaban J connectivity index is 1.35. The van der Waals surface area contributed by atoms with Crippen molar-refractivity contribution >= 4 is 18.1 Å². The molecular weight excluding hydrogens is 384 g/mol. The third-order valence-electron chi connectivity index (χ3n) is 7.73. The first kappa shape index (κ1) is 20.4. The molecule has 4 aliphatic rings. The van der Waals surface area contributed by atoms with Crippen LogP contribution in [-0.2, 0) is 10.2 Å². The predicted molar refractivity (Wildman–Crippen MR) is 124 cm³/mol. The van der Waals surface area contributed by atoms with Gasteiger partial charge in [0, 0.05) is 5.56 Å². The quantitative estimate of drug-likeness (QED) is 0.398. The van der Waals surface area contributed by atoms with Crippen molar-refractivity contribution in [1.29, 1.82) is 0 Å². The smallest absolute Gasteiger partial charge is 0.338 e. The van der Waals surface area contributed by atoms with Gasteiger partial charge in [-0.2, -0.15) is 0 Å². The molecule has 162 valence electrons. The summed E-state index contributed by atoms with van der Waals surface area (Å²) in [7, 11) is 1.81. The molecule has 3 heteroatoms. The van der Waals surface area contributed by atoms with Gasteiger partial charge in [0.1, 0.15) is 5.75 Å². The highest BCUT2D eigenvalue weighted by Gasteiger charge is 2.52. The van der Waals surface area contributed by atoms with Crippen LogP contribution < -0.4 is 4.74 Å². The topological polar surface area (TPSA) is 35.5 Å². The minimum Gasteiger partial charge on any atom is -0.496 e. The number of carbonyl (C=O) groups excluding carboxylic acids is 1. The Kier molecular flexibility index (Phi) is 5.37. The number of hydrogen-bond donors (Lipinski definition) is 0. The molecule has 0 N–H and O–H groups in total. The minimum absolute atomic E-state index is 0.275. The molecule has 2 aromatic carbocycles. The molecule has 4 fully saturated rings. The molecule has 31 heavy (non-hydrogen) atoms. The largest absolute Gasteiger partial charge is 0.496 e. The van der Waals surface area contributed by atoms with E-state index >= 15 is 0 Å². The van der Waals surface area contributed by atoms with Gasteiger partial charge in [0.05, 0.1) is 19.3 Å². The van der Waals surface area contributed by atoms with E-state index < -0.39 is 0 Å². The summed E-state index contributed by atoms with van der Waals surface area (Å²) in [5, 5.41) is 0. The Morgan fingerprint density at radius 1 is 0.935 bits per heavy atom. The van der Waals surface area contributed by atoms with Crippen molar-refractivity contribution in [2.24, 2.45) is 17.8 Å². The molecule has 4 saturated carbocycles. The van der Waals surface area contributed by atoms with Gasteiger partial charge in [-0.25, -0.2) is 4.79 Å². The maximum Gasteiger partial charge on any atom is 0.338 e. The van der Waals surface area contributed by atoms with Crippen LogP contribution in [0.25, 0.3) is 12.2 Å². The maximum atomic E-state index is 11.8. The van der Waals surface area contributed by atoms with Crippen molar-refractivity contribution in [2.45, 2.75) is 50.9 Å².